The van der Waals surface area contributed by atoms with Crippen LogP contribution in [0.1, 0.15) is 36.6 Å². The number of thiazole rings is 1. The third-order valence-corrected chi connectivity index (χ3v) is 5.12. The van der Waals surface area contributed by atoms with Crippen molar-refractivity contribution in [2.24, 2.45) is 5.10 Å². The Bertz CT molecular complexity index is 831. The Morgan fingerprint density at radius 1 is 1.44 bits per heavy atom. The van der Waals surface area contributed by atoms with Gasteiger partial charge in [-0.3, -0.25) is 10.2 Å². The Balaban J connectivity index is 1.62. The second-order valence-electron chi connectivity index (χ2n) is 6.35. The average Bonchev–Trinajstić information content (AvgIpc) is 3.30. The lowest BCUT2D eigenvalue weighted by Crippen LogP contribution is -2.19. The minimum Gasteiger partial charge on any atom is -0.466 e. The molecule has 2 aromatic rings. The van der Waals surface area contributed by atoms with Crippen LogP contribution < -0.4 is 10.3 Å². The number of carbonyl (C=O) groups is 1. The van der Waals surface area contributed by atoms with Gasteiger partial charge in [0, 0.05) is 24.0 Å². The van der Waals surface area contributed by atoms with Gasteiger partial charge in [0.05, 0.1) is 30.6 Å². The number of aromatic nitrogens is 1. The molecule has 0 unspecified atom stereocenters. The highest BCUT2D eigenvalue weighted by Gasteiger charge is 2.17. The SMILES string of the molecule is CCOC(=O)Cc1csc(NN=Cc2cc(F)c(N3CCCC3)cc2C)n1. The van der Waals surface area contributed by atoms with Gasteiger partial charge in [0.25, 0.3) is 0 Å². The van der Waals surface area contributed by atoms with Crippen molar-refractivity contribution < 1.29 is 13.9 Å². The molecule has 2 heterocycles. The molecule has 1 fully saturated rings. The molecule has 1 aliphatic heterocycles. The van der Waals surface area contributed by atoms with Gasteiger partial charge < -0.3 is 9.64 Å². The van der Waals surface area contributed by atoms with Crippen molar-refractivity contribution in [2.45, 2.75) is 33.1 Å². The normalized spacial score (nSPS) is 14.1. The largest absolute Gasteiger partial charge is 0.466 e. The number of carbonyl (C=O) groups excluding carboxylic acids is 1. The zero-order valence-corrected chi connectivity index (χ0v) is 16.3. The van der Waals surface area contributed by atoms with E-state index in [0.717, 1.165) is 31.5 Å². The van der Waals surface area contributed by atoms with Crippen LogP contribution >= 0.6 is 11.3 Å². The zero-order chi connectivity index (χ0) is 19.2. The number of hydrogen-bond acceptors (Lipinski definition) is 7. The summed E-state index contributed by atoms with van der Waals surface area (Å²) in [5, 5.41) is 6.50. The molecule has 144 valence electrons. The Hall–Kier alpha value is -2.48. The van der Waals surface area contributed by atoms with Crippen molar-refractivity contribution in [1.82, 2.24) is 4.98 Å². The van der Waals surface area contributed by atoms with Gasteiger partial charge in [0.15, 0.2) is 0 Å². The average molecular weight is 390 g/mol. The van der Waals surface area contributed by atoms with Crippen molar-refractivity contribution in [1.29, 1.82) is 0 Å². The van der Waals surface area contributed by atoms with Crippen molar-refractivity contribution in [2.75, 3.05) is 30.0 Å². The molecule has 27 heavy (non-hydrogen) atoms. The van der Waals surface area contributed by atoms with Crippen LogP contribution in [-0.4, -0.2) is 36.9 Å². The van der Waals surface area contributed by atoms with Crippen LogP contribution in [0.2, 0.25) is 0 Å². The number of anilines is 2. The summed E-state index contributed by atoms with van der Waals surface area (Å²) in [4.78, 5) is 17.8. The fraction of sp³-hybridized carbons (Fsp3) is 0.421. The number of aryl methyl sites for hydroxylation is 1. The molecule has 0 atom stereocenters. The Morgan fingerprint density at radius 3 is 2.96 bits per heavy atom. The number of ether oxygens (including phenoxy) is 1. The van der Waals surface area contributed by atoms with Gasteiger partial charge in [0.2, 0.25) is 5.13 Å². The summed E-state index contributed by atoms with van der Waals surface area (Å²) in [6.07, 6.45) is 3.94. The predicted molar refractivity (Wildman–Crippen MR) is 106 cm³/mol. The van der Waals surface area contributed by atoms with Gasteiger partial charge in [-0.1, -0.05) is 0 Å². The van der Waals surface area contributed by atoms with Crippen molar-refractivity contribution >= 4 is 34.3 Å². The van der Waals surface area contributed by atoms with Crippen LogP contribution in [0.5, 0.6) is 0 Å². The number of hydrazone groups is 1. The van der Waals surface area contributed by atoms with E-state index in [2.05, 4.69) is 20.4 Å². The van der Waals surface area contributed by atoms with Gasteiger partial charge >= 0.3 is 5.97 Å². The first kappa shape index (κ1) is 19.3. The van der Waals surface area contributed by atoms with Crippen molar-refractivity contribution in [3.8, 4) is 0 Å². The molecule has 1 N–H and O–H groups in total. The van der Waals surface area contributed by atoms with E-state index in [1.807, 2.05) is 13.0 Å². The predicted octanol–water partition coefficient (Wildman–Crippen LogP) is 3.74. The Labute approximate surface area is 162 Å². The number of esters is 1. The van der Waals surface area contributed by atoms with E-state index in [1.165, 1.54) is 17.4 Å². The maximum atomic E-state index is 14.4. The summed E-state index contributed by atoms with van der Waals surface area (Å²) in [6.45, 7) is 5.88. The van der Waals surface area contributed by atoms with E-state index >= 15 is 0 Å². The number of halogens is 1. The van der Waals surface area contributed by atoms with E-state index < -0.39 is 0 Å². The number of benzene rings is 1. The van der Waals surface area contributed by atoms with Gasteiger partial charge in [0.1, 0.15) is 5.82 Å². The number of hydrogen-bond donors (Lipinski definition) is 1. The fourth-order valence-electron chi connectivity index (χ4n) is 2.98. The summed E-state index contributed by atoms with van der Waals surface area (Å²) < 4.78 is 19.3. The Kier molecular flexibility index (Phi) is 6.39. The number of rotatable bonds is 7. The molecule has 1 aromatic carbocycles. The third-order valence-electron chi connectivity index (χ3n) is 4.33. The molecule has 0 amide bonds. The lowest BCUT2D eigenvalue weighted by molar-refractivity contribution is -0.142. The number of nitrogens with zero attached hydrogens (tertiary/aromatic N) is 3. The highest BCUT2D eigenvalue weighted by Crippen LogP contribution is 2.26. The van der Waals surface area contributed by atoms with Gasteiger partial charge in [-0.25, -0.2) is 9.37 Å². The summed E-state index contributed by atoms with van der Waals surface area (Å²) in [5.41, 5.74) is 5.80. The molecule has 8 heteroatoms. The van der Waals surface area contributed by atoms with Crippen LogP contribution in [0.4, 0.5) is 15.2 Å². The molecule has 0 bridgehead atoms. The van der Waals surface area contributed by atoms with Crippen LogP contribution in [0, 0.1) is 12.7 Å². The molecule has 1 aromatic heterocycles. The second-order valence-corrected chi connectivity index (χ2v) is 7.21. The van der Waals surface area contributed by atoms with Crippen LogP contribution in [0.15, 0.2) is 22.6 Å². The smallest absolute Gasteiger partial charge is 0.311 e. The fourth-order valence-corrected chi connectivity index (χ4v) is 3.64. The van der Waals surface area contributed by atoms with Crippen LogP contribution in [-0.2, 0) is 16.0 Å². The summed E-state index contributed by atoms with van der Waals surface area (Å²) in [7, 11) is 0. The number of nitrogens with one attached hydrogen (secondary N) is 1. The molecule has 6 nitrogen and oxygen atoms in total. The summed E-state index contributed by atoms with van der Waals surface area (Å²) in [5.74, 6) is -0.531. The highest BCUT2D eigenvalue weighted by molar-refractivity contribution is 7.13. The zero-order valence-electron chi connectivity index (χ0n) is 15.5. The first-order chi connectivity index (χ1) is 13.1. The minimum atomic E-state index is -0.304. The Morgan fingerprint density at radius 2 is 2.22 bits per heavy atom. The molecular weight excluding hydrogens is 367 g/mol. The van der Waals surface area contributed by atoms with Crippen molar-refractivity contribution in [3.05, 3.63) is 40.2 Å². The van der Waals surface area contributed by atoms with Crippen LogP contribution in [0.25, 0.3) is 0 Å². The quantitative estimate of drug-likeness (QED) is 0.443. The topological polar surface area (TPSA) is 66.8 Å². The lowest BCUT2D eigenvalue weighted by Gasteiger charge is -2.19. The van der Waals surface area contributed by atoms with Crippen LogP contribution in [0.3, 0.4) is 0 Å². The molecule has 3 rings (SSSR count). The standard InChI is InChI=1S/C19H23FN4O2S/c1-3-26-18(25)10-15-12-27-19(22-15)23-21-11-14-9-16(20)17(8-13(14)2)24-6-4-5-7-24/h8-9,11-12H,3-7,10H2,1-2H3,(H,22,23). The van der Waals surface area contributed by atoms with Gasteiger partial charge in [-0.15, -0.1) is 11.3 Å². The molecule has 1 saturated heterocycles. The van der Waals surface area contributed by atoms with E-state index in [9.17, 15) is 9.18 Å². The highest BCUT2D eigenvalue weighted by atomic mass is 32.1. The van der Waals surface area contributed by atoms with Gasteiger partial charge in [-0.05, 0) is 44.4 Å². The first-order valence-corrected chi connectivity index (χ1v) is 9.89. The second kappa shape index (κ2) is 8.94. The molecule has 0 saturated carbocycles. The summed E-state index contributed by atoms with van der Waals surface area (Å²) in [6, 6.07) is 3.39. The maximum Gasteiger partial charge on any atom is 0.311 e. The molecular formula is C19H23FN4O2S. The lowest BCUT2D eigenvalue weighted by atomic mass is 10.1. The minimum absolute atomic E-state index is 0.137. The van der Waals surface area contributed by atoms with E-state index in [1.54, 1.807) is 18.5 Å². The molecule has 0 radical (unpaired) electrons. The molecule has 1 aliphatic rings. The first-order valence-electron chi connectivity index (χ1n) is 9.01. The maximum absolute atomic E-state index is 14.4. The van der Waals surface area contributed by atoms with Gasteiger partial charge in [-0.2, -0.15) is 5.10 Å². The van der Waals surface area contributed by atoms with E-state index in [0.29, 0.717) is 28.7 Å². The van der Waals surface area contributed by atoms with E-state index in [-0.39, 0.29) is 18.2 Å². The van der Waals surface area contributed by atoms with E-state index in [4.69, 9.17) is 4.74 Å². The molecule has 0 aliphatic carbocycles. The summed E-state index contributed by atoms with van der Waals surface area (Å²) >= 11 is 1.35. The third kappa shape index (κ3) is 5.03. The monoisotopic (exact) mass is 390 g/mol. The molecule has 0 spiro atoms. The van der Waals surface area contributed by atoms with Crippen molar-refractivity contribution in [3.63, 3.8) is 0 Å².